The molecule has 0 saturated heterocycles. The van der Waals surface area contributed by atoms with Gasteiger partial charge >= 0.3 is 0 Å². The van der Waals surface area contributed by atoms with Crippen molar-refractivity contribution in [2.75, 3.05) is 6.54 Å². The zero-order valence-corrected chi connectivity index (χ0v) is 14.0. The zero-order chi connectivity index (χ0) is 16.5. The summed E-state index contributed by atoms with van der Waals surface area (Å²) in [6, 6.07) is 3.91. The highest BCUT2D eigenvalue weighted by atomic mass is 15.2. The molecule has 1 aliphatic heterocycles. The Kier molecular flexibility index (Phi) is 3.82. The van der Waals surface area contributed by atoms with Crippen LogP contribution < -0.4 is 0 Å². The summed E-state index contributed by atoms with van der Waals surface area (Å²) in [7, 11) is 2.07. The van der Waals surface area contributed by atoms with Gasteiger partial charge in [-0.1, -0.05) is 0 Å². The molecule has 24 heavy (non-hydrogen) atoms. The number of aromatic nitrogens is 5. The van der Waals surface area contributed by atoms with Crippen LogP contribution in [0.2, 0.25) is 0 Å². The highest BCUT2D eigenvalue weighted by Gasteiger charge is 2.20. The second-order valence-corrected chi connectivity index (χ2v) is 6.22. The van der Waals surface area contributed by atoms with E-state index in [-0.39, 0.29) is 0 Å². The third kappa shape index (κ3) is 2.80. The van der Waals surface area contributed by atoms with E-state index in [1.54, 1.807) is 6.20 Å². The average Bonchev–Trinajstić information content (AvgIpc) is 2.94. The van der Waals surface area contributed by atoms with Crippen LogP contribution in [0.4, 0.5) is 0 Å². The molecular formula is C18H20N6. The van der Waals surface area contributed by atoms with Crippen molar-refractivity contribution in [3.05, 3.63) is 59.7 Å². The molecular weight excluding hydrogens is 300 g/mol. The summed E-state index contributed by atoms with van der Waals surface area (Å²) < 4.78 is 2.15. The van der Waals surface area contributed by atoms with Crippen molar-refractivity contribution < 1.29 is 0 Å². The van der Waals surface area contributed by atoms with Crippen LogP contribution in [0, 0.1) is 6.92 Å². The van der Waals surface area contributed by atoms with E-state index in [0.29, 0.717) is 0 Å². The van der Waals surface area contributed by atoms with E-state index in [0.717, 1.165) is 49.0 Å². The van der Waals surface area contributed by atoms with E-state index in [9.17, 15) is 0 Å². The van der Waals surface area contributed by atoms with Crippen molar-refractivity contribution in [2.24, 2.45) is 7.05 Å². The van der Waals surface area contributed by atoms with Crippen LogP contribution in [0.1, 0.15) is 22.8 Å². The van der Waals surface area contributed by atoms with Gasteiger partial charge in [-0.25, -0.2) is 15.0 Å². The summed E-state index contributed by atoms with van der Waals surface area (Å²) in [5.41, 5.74) is 4.58. The lowest BCUT2D eigenvalue weighted by molar-refractivity contribution is 0.237. The van der Waals surface area contributed by atoms with Gasteiger partial charge in [-0.15, -0.1) is 0 Å². The quantitative estimate of drug-likeness (QED) is 0.740. The number of hydrogen-bond acceptors (Lipinski definition) is 5. The van der Waals surface area contributed by atoms with Crippen LogP contribution in [-0.2, 0) is 26.6 Å². The van der Waals surface area contributed by atoms with Crippen molar-refractivity contribution in [1.82, 2.24) is 29.4 Å². The summed E-state index contributed by atoms with van der Waals surface area (Å²) in [5.74, 6) is 1.81. The summed E-state index contributed by atoms with van der Waals surface area (Å²) in [4.78, 5) is 20.2. The van der Waals surface area contributed by atoms with E-state index < -0.39 is 0 Å². The van der Waals surface area contributed by atoms with Gasteiger partial charge in [0.1, 0.15) is 5.82 Å². The van der Waals surface area contributed by atoms with Crippen LogP contribution in [0.25, 0.3) is 11.4 Å². The number of aryl methyl sites for hydroxylation is 1. The molecule has 0 N–H and O–H groups in total. The molecule has 6 nitrogen and oxygen atoms in total. The van der Waals surface area contributed by atoms with Crippen LogP contribution >= 0.6 is 0 Å². The predicted octanol–water partition coefficient (Wildman–Crippen LogP) is 2.14. The first-order valence-corrected chi connectivity index (χ1v) is 8.15. The van der Waals surface area contributed by atoms with Gasteiger partial charge in [0.15, 0.2) is 5.82 Å². The Labute approximate surface area is 141 Å². The van der Waals surface area contributed by atoms with Crippen molar-refractivity contribution in [1.29, 1.82) is 0 Å². The molecule has 4 rings (SSSR count). The molecule has 0 bridgehead atoms. The van der Waals surface area contributed by atoms with E-state index in [2.05, 4.69) is 31.5 Å². The minimum atomic E-state index is 0.762. The molecule has 122 valence electrons. The number of fused-ring (bicyclic) bond motifs is 1. The maximum absolute atomic E-state index is 4.75. The van der Waals surface area contributed by atoms with E-state index >= 15 is 0 Å². The molecule has 3 aromatic rings. The third-order valence-electron chi connectivity index (χ3n) is 4.63. The van der Waals surface area contributed by atoms with Gasteiger partial charge in [0.05, 0.1) is 11.4 Å². The zero-order valence-electron chi connectivity index (χ0n) is 14.0. The number of imidazole rings is 1. The van der Waals surface area contributed by atoms with E-state index in [1.165, 1.54) is 11.3 Å². The smallest absolute Gasteiger partial charge is 0.160 e. The Hall–Kier alpha value is -2.60. The number of pyridine rings is 1. The Morgan fingerprint density at radius 2 is 2.08 bits per heavy atom. The molecule has 6 heteroatoms. The van der Waals surface area contributed by atoms with Crippen molar-refractivity contribution in [2.45, 2.75) is 26.4 Å². The normalized spacial score (nSPS) is 14.6. The Morgan fingerprint density at radius 1 is 1.17 bits per heavy atom. The molecule has 3 aromatic heterocycles. The second kappa shape index (κ2) is 6.13. The van der Waals surface area contributed by atoms with Gasteiger partial charge in [0.2, 0.25) is 0 Å². The molecule has 0 saturated carbocycles. The molecule has 4 heterocycles. The summed E-state index contributed by atoms with van der Waals surface area (Å²) in [6.07, 6.45) is 8.45. The first-order valence-electron chi connectivity index (χ1n) is 8.15. The number of hydrogen-bond donors (Lipinski definition) is 0. The lowest BCUT2D eigenvalue weighted by Gasteiger charge is -2.28. The second-order valence-electron chi connectivity index (χ2n) is 6.22. The average molecular weight is 320 g/mol. The molecule has 0 amide bonds. The maximum Gasteiger partial charge on any atom is 0.160 e. The van der Waals surface area contributed by atoms with Crippen LogP contribution in [-0.4, -0.2) is 35.9 Å². The van der Waals surface area contributed by atoms with Crippen LogP contribution in [0.5, 0.6) is 0 Å². The standard InChI is InChI=1S/C18H20N6/c1-13-20-10-16(23(13)2)12-24-7-5-17-15(11-24)9-21-18(22-17)14-4-3-6-19-8-14/h3-4,6,8-10H,5,7,11-12H2,1-2H3. The lowest BCUT2D eigenvalue weighted by Crippen LogP contribution is -2.31. The molecule has 0 aromatic carbocycles. The molecule has 0 aliphatic carbocycles. The van der Waals surface area contributed by atoms with Crippen molar-refractivity contribution in [3.63, 3.8) is 0 Å². The Balaban J connectivity index is 1.53. The van der Waals surface area contributed by atoms with Crippen molar-refractivity contribution in [3.8, 4) is 11.4 Å². The lowest BCUT2D eigenvalue weighted by atomic mass is 10.1. The summed E-state index contributed by atoms with van der Waals surface area (Å²) >= 11 is 0. The number of nitrogens with zero attached hydrogens (tertiary/aromatic N) is 6. The van der Waals surface area contributed by atoms with Gasteiger partial charge in [-0.05, 0) is 19.1 Å². The van der Waals surface area contributed by atoms with Crippen LogP contribution in [0.15, 0.2) is 36.9 Å². The molecule has 0 radical (unpaired) electrons. The van der Waals surface area contributed by atoms with E-state index in [1.807, 2.05) is 37.6 Å². The molecule has 0 unspecified atom stereocenters. The van der Waals surface area contributed by atoms with Crippen LogP contribution in [0.3, 0.4) is 0 Å². The van der Waals surface area contributed by atoms with Gasteiger partial charge in [-0.2, -0.15) is 0 Å². The highest BCUT2D eigenvalue weighted by Crippen LogP contribution is 2.21. The molecule has 1 aliphatic rings. The van der Waals surface area contributed by atoms with Gasteiger partial charge in [-0.3, -0.25) is 9.88 Å². The first-order chi connectivity index (χ1) is 11.7. The Morgan fingerprint density at radius 3 is 2.83 bits per heavy atom. The topological polar surface area (TPSA) is 59.7 Å². The fourth-order valence-electron chi connectivity index (χ4n) is 3.07. The molecule has 0 atom stereocenters. The summed E-state index contributed by atoms with van der Waals surface area (Å²) in [5, 5.41) is 0. The summed E-state index contributed by atoms with van der Waals surface area (Å²) in [6.45, 7) is 4.82. The molecule has 0 fully saturated rings. The minimum absolute atomic E-state index is 0.762. The maximum atomic E-state index is 4.75. The van der Waals surface area contributed by atoms with Gasteiger partial charge in [0, 0.05) is 69.0 Å². The first kappa shape index (κ1) is 15.0. The largest absolute Gasteiger partial charge is 0.334 e. The third-order valence-corrected chi connectivity index (χ3v) is 4.63. The monoisotopic (exact) mass is 320 g/mol. The molecule has 0 spiro atoms. The van der Waals surface area contributed by atoms with Gasteiger partial charge in [0.25, 0.3) is 0 Å². The minimum Gasteiger partial charge on any atom is -0.334 e. The number of rotatable bonds is 3. The fourth-order valence-corrected chi connectivity index (χ4v) is 3.07. The fraction of sp³-hybridized carbons (Fsp3) is 0.333. The Bertz CT molecular complexity index is 855. The highest BCUT2D eigenvalue weighted by molar-refractivity contribution is 5.53. The predicted molar refractivity (Wildman–Crippen MR) is 91.0 cm³/mol. The van der Waals surface area contributed by atoms with Gasteiger partial charge < -0.3 is 4.57 Å². The van der Waals surface area contributed by atoms with E-state index in [4.69, 9.17) is 4.98 Å². The SMILES string of the molecule is Cc1ncc(CN2CCc3nc(-c4cccnc4)ncc3C2)n1C. The van der Waals surface area contributed by atoms with Crippen molar-refractivity contribution >= 4 is 0 Å².